The van der Waals surface area contributed by atoms with Gasteiger partial charge in [0.25, 0.3) is 0 Å². The van der Waals surface area contributed by atoms with E-state index in [0.717, 1.165) is 28.6 Å². The summed E-state index contributed by atoms with van der Waals surface area (Å²) in [5.41, 5.74) is 10.4. The molecule has 0 aliphatic carbocycles. The Morgan fingerprint density at radius 1 is 1.39 bits per heavy atom. The molecule has 1 aromatic heterocycles. The first-order valence-electron chi connectivity index (χ1n) is 5.73. The van der Waals surface area contributed by atoms with Crippen LogP contribution in [0.4, 0.5) is 5.69 Å². The van der Waals surface area contributed by atoms with Gasteiger partial charge in [-0.3, -0.25) is 4.98 Å². The first-order valence-corrected chi connectivity index (χ1v) is 6.48. The van der Waals surface area contributed by atoms with Gasteiger partial charge in [-0.15, -0.1) is 0 Å². The smallest absolute Gasteiger partial charge is 0.0927 e. The molecule has 1 aliphatic rings. The van der Waals surface area contributed by atoms with Crippen molar-refractivity contribution in [1.29, 1.82) is 0 Å². The summed E-state index contributed by atoms with van der Waals surface area (Å²) in [6.07, 6.45) is 0.761. The van der Waals surface area contributed by atoms with Crippen LogP contribution in [0.2, 0.25) is 10.0 Å². The predicted molar refractivity (Wildman–Crippen MR) is 74.3 cm³/mol. The molecule has 0 amide bonds. The number of nitrogens with zero attached hydrogens (tertiary/aromatic N) is 1. The zero-order valence-corrected chi connectivity index (χ0v) is 11.4. The summed E-state index contributed by atoms with van der Waals surface area (Å²) in [7, 11) is 0. The SMILES string of the molecule is Cc1cc(Cl)c2nc3c(c(N)c2c1Cl)COCC3. The van der Waals surface area contributed by atoms with Crippen molar-refractivity contribution < 1.29 is 4.74 Å². The van der Waals surface area contributed by atoms with E-state index in [0.29, 0.717) is 34.5 Å². The largest absolute Gasteiger partial charge is 0.398 e. The van der Waals surface area contributed by atoms with Crippen LogP contribution in [0.1, 0.15) is 16.8 Å². The summed E-state index contributed by atoms with van der Waals surface area (Å²) < 4.78 is 5.43. The summed E-state index contributed by atoms with van der Waals surface area (Å²) in [5, 5.41) is 1.95. The maximum Gasteiger partial charge on any atom is 0.0927 e. The third-order valence-corrected chi connectivity index (χ3v) is 4.07. The van der Waals surface area contributed by atoms with E-state index in [9.17, 15) is 0 Å². The van der Waals surface area contributed by atoms with Crippen molar-refractivity contribution in [3.8, 4) is 0 Å². The number of anilines is 1. The van der Waals surface area contributed by atoms with Crippen LogP contribution in [0.3, 0.4) is 0 Å². The van der Waals surface area contributed by atoms with Gasteiger partial charge in [-0.1, -0.05) is 23.2 Å². The molecular formula is C13H12Cl2N2O. The summed E-state index contributed by atoms with van der Waals surface area (Å²) in [6, 6.07) is 1.82. The fourth-order valence-corrected chi connectivity index (χ4v) is 2.86. The Balaban J connectivity index is 2.46. The second-order valence-electron chi connectivity index (χ2n) is 4.47. The summed E-state index contributed by atoms with van der Waals surface area (Å²) in [4.78, 5) is 4.60. The second kappa shape index (κ2) is 4.26. The van der Waals surface area contributed by atoms with Crippen molar-refractivity contribution in [3.63, 3.8) is 0 Å². The monoisotopic (exact) mass is 282 g/mol. The van der Waals surface area contributed by atoms with Crippen LogP contribution >= 0.6 is 23.2 Å². The van der Waals surface area contributed by atoms with E-state index in [2.05, 4.69) is 4.98 Å². The molecule has 3 nitrogen and oxygen atoms in total. The molecular weight excluding hydrogens is 271 g/mol. The van der Waals surface area contributed by atoms with Crippen LogP contribution < -0.4 is 5.73 Å². The fourth-order valence-electron chi connectivity index (χ4n) is 2.32. The van der Waals surface area contributed by atoms with E-state index < -0.39 is 0 Å². The molecule has 2 heterocycles. The summed E-state index contributed by atoms with van der Waals surface area (Å²) in [6.45, 7) is 3.07. The summed E-state index contributed by atoms with van der Waals surface area (Å²) >= 11 is 12.6. The number of benzene rings is 1. The van der Waals surface area contributed by atoms with Gasteiger partial charge >= 0.3 is 0 Å². The highest BCUT2D eigenvalue weighted by Crippen LogP contribution is 2.38. The minimum absolute atomic E-state index is 0.492. The quantitative estimate of drug-likeness (QED) is 0.805. The maximum atomic E-state index is 6.33. The van der Waals surface area contributed by atoms with Gasteiger partial charge in [0, 0.05) is 23.1 Å². The van der Waals surface area contributed by atoms with Gasteiger partial charge in [0.1, 0.15) is 0 Å². The van der Waals surface area contributed by atoms with Crippen LogP contribution in [-0.4, -0.2) is 11.6 Å². The van der Waals surface area contributed by atoms with Gasteiger partial charge in [-0.2, -0.15) is 0 Å². The van der Waals surface area contributed by atoms with E-state index in [1.54, 1.807) is 0 Å². The van der Waals surface area contributed by atoms with Crippen molar-refractivity contribution >= 4 is 39.8 Å². The standard InChI is InChI=1S/C13H12Cl2N2O/c1-6-4-8(14)13-10(11(6)15)12(16)7-5-18-3-2-9(7)17-13/h4H,2-3,5H2,1H3,(H2,16,17). The zero-order valence-electron chi connectivity index (χ0n) is 9.89. The molecule has 2 N–H and O–H groups in total. The van der Waals surface area contributed by atoms with Gasteiger partial charge in [-0.05, 0) is 18.6 Å². The minimum Gasteiger partial charge on any atom is -0.398 e. The van der Waals surface area contributed by atoms with Crippen molar-refractivity contribution in [3.05, 3.63) is 32.9 Å². The van der Waals surface area contributed by atoms with Gasteiger partial charge in [-0.25, -0.2) is 0 Å². The number of halogens is 2. The number of fused-ring (bicyclic) bond motifs is 2. The van der Waals surface area contributed by atoms with Crippen molar-refractivity contribution in [2.24, 2.45) is 0 Å². The first kappa shape index (κ1) is 12.0. The van der Waals surface area contributed by atoms with Crippen LogP contribution in [0, 0.1) is 6.92 Å². The second-order valence-corrected chi connectivity index (χ2v) is 5.25. The number of hydrogen-bond acceptors (Lipinski definition) is 3. The van der Waals surface area contributed by atoms with Crippen molar-refractivity contribution in [2.75, 3.05) is 12.3 Å². The predicted octanol–water partition coefficient (Wildman–Crippen LogP) is 3.50. The number of nitrogen functional groups attached to an aromatic ring is 1. The molecule has 0 fully saturated rings. The molecule has 1 aliphatic heterocycles. The number of hydrogen-bond donors (Lipinski definition) is 1. The number of aromatic nitrogens is 1. The zero-order chi connectivity index (χ0) is 12.9. The molecule has 0 saturated carbocycles. The van der Waals surface area contributed by atoms with E-state index in [1.165, 1.54) is 0 Å². The molecule has 0 spiro atoms. The number of nitrogens with two attached hydrogens (primary N) is 1. The molecule has 0 radical (unpaired) electrons. The number of ether oxygens (including phenoxy) is 1. The van der Waals surface area contributed by atoms with E-state index >= 15 is 0 Å². The number of pyridine rings is 1. The van der Waals surface area contributed by atoms with Gasteiger partial charge in [0.2, 0.25) is 0 Å². The average Bonchev–Trinajstić information content (AvgIpc) is 2.36. The molecule has 18 heavy (non-hydrogen) atoms. The lowest BCUT2D eigenvalue weighted by Crippen LogP contribution is -2.14. The third-order valence-electron chi connectivity index (χ3n) is 3.29. The lowest BCUT2D eigenvalue weighted by atomic mass is 10.0. The average molecular weight is 283 g/mol. The number of aryl methyl sites for hydroxylation is 1. The fraction of sp³-hybridized carbons (Fsp3) is 0.308. The Kier molecular flexibility index (Phi) is 2.85. The van der Waals surface area contributed by atoms with Gasteiger partial charge in [0.15, 0.2) is 0 Å². The highest BCUT2D eigenvalue weighted by Gasteiger charge is 2.20. The maximum absolute atomic E-state index is 6.33. The molecule has 3 rings (SSSR count). The number of rotatable bonds is 0. The summed E-state index contributed by atoms with van der Waals surface area (Å²) in [5.74, 6) is 0. The normalized spacial score (nSPS) is 14.8. The molecule has 0 atom stereocenters. The van der Waals surface area contributed by atoms with Crippen molar-refractivity contribution in [1.82, 2.24) is 4.98 Å². The van der Waals surface area contributed by atoms with Crippen LogP contribution in [0.25, 0.3) is 10.9 Å². The van der Waals surface area contributed by atoms with E-state index in [1.807, 2.05) is 13.0 Å². The van der Waals surface area contributed by atoms with Gasteiger partial charge < -0.3 is 10.5 Å². The Hall–Kier alpha value is -1.03. The highest BCUT2D eigenvalue weighted by molar-refractivity contribution is 6.41. The Labute approximate surface area is 115 Å². The van der Waals surface area contributed by atoms with Crippen molar-refractivity contribution in [2.45, 2.75) is 20.0 Å². The van der Waals surface area contributed by atoms with E-state index in [-0.39, 0.29) is 0 Å². The lowest BCUT2D eigenvalue weighted by molar-refractivity contribution is 0.110. The molecule has 0 saturated heterocycles. The third kappa shape index (κ3) is 1.66. The molecule has 5 heteroatoms. The topological polar surface area (TPSA) is 48.1 Å². The van der Waals surface area contributed by atoms with Crippen LogP contribution in [0.15, 0.2) is 6.07 Å². The molecule has 2 aromatic rings. The molecule has 0 bridgehead atoms. The minimum atomic E-state index is 0.492. The Morgan fingerprint density at radius 2 is 2.17 bits per heavy atom. The Morgan fingerprint density at radius 3 is 2.94 bits per heavy atom. The van der Waals surface area contributed by atoms with E-state index in [4.69, 9.17) is 33.7 Å². The van der Waals surface area contributed by atoms with Crippen LogP contribution in [0.5, 0.6) is 0 Å². The first-order chi connectivity index (χ1) is 8.59. The van der Waals surface area contributed by atoms with Gasteiger partial charge in [0.05, 0.1) is 34.5 Å². The molecule has 1 aromatic carbocycles. The Bertz CT molecular complexity index is 655. The van der Waals surface area contributed by atoms with Crippen LogP contribution in [-0.2, 0) is 17.8 Å². The lowest BCUT2D eigenvalue weighted by Gasteiger charge is -2.20. The highest BCUT2D eigenvalue weighted by atomic mass is 35.5. The molecule has 94 valence electrons. The molecule has 0 unspecified atom stereocenters.